The Hall–Kier alpha value is -1.91. The third kappa shape index (κ3) is 1.76. The van der Waals surface area contributed by atoms with E-state index < -0.39 is 4.92 Å². The molecule has 1 heterocycles. The van der Waals surface area contributed by atoms with Gasteiger partial charge in [-0.05, 0) is 6.07 Å². The summed E-state index contributed by atoms with van der Waals surface area (Å²) in [5.41, 5.74) is 0.923. The first-order chi connectivity index (χ1) is 7.38. The summed E-state index contributed by atoms with van der Waals surface area (Å²) in [6.45, 7) is 5.93. The monoisotopic (exact) mass is 220 g/mol. The highest BCUT2D eigenvalue weighted by Crippen LogP contribution is 2.27. The zero-order valence-corrected chi connectivity index (χ0v) is 9.35. The van der Waals surface area contributed by atoms with E-state index in [2.05, 4.69) is 4.98 Å². The molecule has 2 aromatic rings. The minimum Gasteiger partial charge on any atom is -0.440 e. The quantitative estimate of drug-likeness (QED) is 0.547. The van der Waals surface area contributed by atoms with Crippen LogP contribution in [0.25, 0.3) is 11.1 Å². The summed E-state index contributed by atoms with van der Waals surface area (Å²) < 4.78 is 5.51. The van der Waals surface area contributed by atoms with Crippen LogP contribution >= 0.6 is 0 Å². The molecule has 0 spiro atoms. The van der Waals surface area contributed by atoms with Crippen molar-refractivity contribution in [2.75, 3.05) is 0 Å². The van der Waals surface area contributed by atoms with E-state index >= 15 is 0 Å². The molecule has 0 saturated heterocycles. The van der Waals surface area contributed by atoms with Crippen molar-refractivity contribution in [1.29, 1.82) is 0 Å². The van der Waals surface area contributed by atoms with Gasteiger partial charge >= 0.3 is 0 Å². The molecule has 0 atom stereocenters. The Labute approximate surface area is 92.2 Å². The maximum atomic E-state index is 10.6. The van der Waals surface area contributed by atoms with Crippen LogP contribution in [0.1, 0.15) is 26.7 Å². The number of oxazole rings is 1. The first-order valence-electron chi connectivity index (χ1n) is 4.93. The number of aromatic nitrogens is 1. The molecule has 0 bridgehead atoms. The van der Waals surface area contributed by atoms with Gasteiger partial charge in [0.2, 0.25) is 5.89 Å². The number of fused-ring (bicyclic) bond motifs is 1. The topological polar surface area (TPSA) is 69.2 Å². The van der Waals surface area contributed by atoms with E-state index in [1.807, 2.05) is 20.8 Å². The summed E-state index contributed by atoms with van der Waals surface area (Å²) in [5.74, 6) is 0.586. The molecule has 0 aliphatic rings. The first-order valence-corrected chi connectivity index (χ1v) is 4.93. The fourth-order valence-electron chi connectivity index (χ4n) is 1.35. The van der Waals surface area contributed by atoms with Gasteiger partial charge < -0.3 is 4.42 Å². The molecule has 0 aliphatic carbocycles. The second-order valence-electron chi connectivity index (χ2n) is 4.68. The summed E-state index contributed by atoms with van der Waals surface area (Å²) >= 11 is 0. The van der Waals surface area contributed by atoms with Gasteiger partial charge in [-0.2, -0.15) is 0 Å². The molecule has 0 radical (unpaired) electrons. The maximum Gasteiger partial charge on any atom is 0.273 e. The van der Waals surface area contributed by atoms with E-state index in [0.29, 0.717) is 17.0 Å². The van der Waals surface area contributed by atoms with E-state index in [1.165, 1.54) is 12.1 Å². The van der Waals surface area contributed by atoms with Gasteiger partial charge in [0.15, 0.2) is 5.58 Å². The average molecular weight is 220 g/mol. The van der Waals surface area contributed by atoms with Crippen LogP contribution in [-0.4, -0.2) is 9.91 Å². The van der Waals surface area contributed by atoms with Crippen molar-refractivity contribution in [2.24, 2.45) is 0 Å². The van der Waals surface area contributed by atoms with Crippen LogP contribution in [0.2, 0.25) is 0 Å². The normalized spacial score (nSPS) is 11.9. The molecule has 1 aromatic carbocycles. The van der Waals surface area contributed by atoms with Crippen LogP contribution in [0.5, 0.6) is 0 Å². The number of hydrogen-bond donors (Lipinski definition) is 0. The van der Waals surface area contributed by atoms with Crippen molar-refractivity contribution >= 4 is 16.8 Å². The lowest BCUT2D eigenvalue weighted by atomic mass is 9.97. The lowest BCUT2D eigenvalue weighted by Crippen LogP contribution is -2.10. The summed E-state index contributed by atoms with van der Waals surface area (Å²) in [7, 11) is 0. The molecule has 84 valence electrons. The SMILES string of the molecule is CC(C)(C)c1nc2ccc([N+](=O)[O-])cc2o1. The van der Waals surface area contributed by atoms with E-state index in [-0.39, 0.29) is 11.1 Å². The number of rotatable bonds is 1. The van der Waals surface area contributed by atoms with Gasteiger partial charge in [-0.25, -0.2) is 4.98 Å². The van der Waals surface area contributed by atoms with Gasteiger partial charge in [-0.15, -0.1) is 0 Å². The lowest BCUT2D eigenvalue weighted by Gasteiger charge is -2.11. The molecule has 0 amide bonds. The van der Waals surface area contributed by atoms with Crippen molar-refractivity contribution in [3.05, 3.63) is 34.2 Å². The van der Waals surface area contributed by atoms with E-state index in [0.717, 1.165) is 0 Å². The smallest absolute Gasteiger partial charge is 0.273 e. The number of nitro benzene ring substituents is 1. The molecule has 1 aromatic heterocycles. The van der Waals surface area contributed by atoms with Crippen LogP contribution in [0, 0.1) is 10.1 Å². The largest absolute Gasteiger partial charge is 0.440 e. The number of nitro groups is 1. The average Bonchev–Trinajstić information content (AvgIpc) is 2.58. The van der Waals surface area contributed by atoms with Gasteiger partial charge in [-0.1, -0.05) is 20.8 Å². The highest BCUT2D eigenvalue weighted by atomic mass is 16.6. The third-order valence-electron chi connectivity index (χ3n) is 2.22. The minimum atomic E-state index is -0.446. The van der Waals surface area contributed by atoms with E-state index in [9.17, 15) is 10.1 Å². The van der Waals surface area contributed by atoms with Crippen molar-refractivity contribution in [3.63, 3.8) is 0 Å². The minimum absolute atomic E-state index is 0.0177. The molecular weight excluding hydrogens is 208 g/mol. The van der Waals surface area contributed by atoms with Gasteiger partial charge in [-0.3, -0.25) is 10.1 Å². The summed E-state index contributed by atoms with van der Waals surface area (Å²) in [4.78, 5) is 14.4. The molecule has 0 unspecified atom stereocenters. The van der Waals surface area contributed by atoms with Crippen LogP contribution in [0.3, 0.4) is 0 Å². The number of nitrogens with zero attached hydrogens (tertiary/aromatic N) is 2. The van der Waals surface area contributed by atoms with Gasteiger partial charge in [0.1, 0.15) is 5.52 Å². The fraction of sp³-hybridized carbons (Fsp3) is 0.364. The molecule has 5 nitrogen and oxygen atoms in total. The second-order valence-corrected chi connectivity index (χ2v) is 4.68. The first kappa shape index (κ1) is 10.6. The molecule has 0 fully saturated rings. The Kier molecular flexibility index (Phi) is 2.18. The van der Waals surface area contributed by atoms with Crippen molar-refractivity contribution in [3.8, 4) is 0 Å². The zero-order valence-electron chi connectivity index (χ0n) is 9.35. The second kappa shape index (κ2) is 3.30. The maximum absolute atomic E-state index is 10.6. The predicted molar refractivity (Wildman–Crippen MR) is 59.4 cm³/mol. The fourth-order valence-corrected chi connectivity index (χ4v) is 1.35. The Morgan fingerprint density at radius 3 is 2.62 bits per heavy atom. The molecule has 2 rings (SSSR count). The molecule has 0 N–H and O–H groups in total. The Bertz CT molecular complexity index is 552. The van der Waals surface area contributed by atoms with Crippen LogP contribution in [-0.2, 0) is 5.41 Å². The Balaban J connectivity index is 2.59. The summed E-state index contributed by atoms with van der Waals surface area (Å²) in [6.07, 6.45) is 0. The van der Waals surface area contributed by atoms with E-state index in [4.69, 9.17) is 4.42 Å². The highest BCUT2D eigenvalue weighted by Gasteiger charge is 2.21. The summed E-state index contributed by atoms with van der Waals surface area (Å²) in [6, 6.07) is 4.43. The molecule has 16 heavy (non-hydrogen) atoms. The lowest BCUT2D eigenvalue weighted by molar-refractivity contribution is -0.384. The van der Waals surface area contributed by atoms with Crippen molar-refractivity contribution in [1.82, 2.24) is 4.98 Å². The highest BCUT2D eigenvalue weighted by molar-refractivity contribution is 5.75. The summed E-state index contributed by atoms with van der Waals surface area (Å²) in [5, 5.41) is 10.6. The number of non-ortho nitro benzene ring substituents is 1. The molecule has 0 aliphatic heterocycles. The van der Waals surface area contributed by atoms with Crippen LogP contribution in [0.4, 0.5) is 5.69 Å². The van der Waals surface area contributed by atoms with Crippen molar-refractivity contribution in [2.45, 2.75) is 26.2 Å². The molecule has 0 saturated carbocycles. The van der Waals surface area contributed by atoms with Crippen molar-refractivity contribution < 1.29 is 9.34 Å². The number of hydrogen-bond acceptors (Lipinski definition) is 4. The molecule has 5 heteroatoms. The molecular formula is C11H12N2O3. The van der Waals surface area contributed by atoms with Gasteiger partial charge in [0.25, 0.3) is 5.69 Å². The Morgan fingerprint density at radius 2 is 2.06 bits per heavy atom. The zero-order chi connectivity index (χ0) is 11.9. The standard InChI is InChI=1S/C11H12N2O3/c1-11(2,3)10-12-8-5-4-7(13(14)15)6-9(8)16-10/h4-6H,1-3H3. The Morgan fingerprint density at radius 1 is 1.38 bits per heavy atom. The van der Waals surface area contributed by atoms with Crippen LogP contribution < -0.4 is 0 Å². The van der Waals surface area contributed by atoms with E-state index in [1.54, 1.807) is 6.07 Å². The number of benzene rings is 1. The van der Waals surface area contributed by atoms with Crippen LogP contribution in [0.15, 0.2) is 22.6 Å². The third-order valence-corrected chi connectivity index (χ3v) is 2.22. The van der Waals surface area contributed by atoms with Gasteiger partial charge in [0.05, 0.1) is 11.0 Å². The predicted octanol–water partition coefficient (Wildman–Crippen LogP) is 3.03. The van der Waals surface area contributed by atoms with Gasteiger partial charge in [0, 0.05) is 11.5 Å².